The summed E-state index contributed by atoms with van der Waals surface area (Å²) in [5, 5.41) is 8.30. The second-order valence-electron chi connectivity index (χ2n) is 15.5. The van der Waals surface area contributed by atoms with Gasteiger partial charge in [-0.1, -0.05) is 33.8 Å². The summed E-state index contributed by atoms with van der Waals surface area (Å²) in [7, 11) is 5.59. The highest BCUT2D eigenvalue weighted by molar-refractivity contribution is 5.89. The standard InChI is InChI=1S/C36H62N6O5/c1-12-40(10)33(44)29-22-26(21-28(36(29,7)8)32(43)37-17-16-25(2)3)31-27(24-42(38-31)30-15-13-14-20-46-30)23-39(9)18-19-41(11)34(45)47-35(4,5)6/h22,24-25,28-30H,12-21,23H2,1-11H3,(H,37,43). The highest BCUT2D eigenvalue weighted by Gasteiger charge is 2.48. The molecule has 11 nitrogen and oxygen atoms in total. The third kappa shape index (κ3) is 10.5. The van der Waals surface area contributed by atoms with Crippen LogP contribution in [0.15, 0.2) is 12.3 Å². The van der Waals surface area contributed by atoms with E-state index in [0.717, 1.165) is 42.5 Å². The average Bonchev–Trinajstić information content (AvgIpc) is 3.41. The van der Waals surface area contributed by atoms with Crippen LogP contribution in [0.4, 0.5) is 4.79 Å². The Kier molecular flexibility index (Phi) is 13.5. The quantitative estimate of drug-likeness (QED) is 0.295. The summed E-state index contributed by atoms with van der Waals surface area (Å²) in [6, 6.07) is 0. The Morgan fingerprint density at radius 1 is 1.13 bits per heavy atom. The van der Waals surface area contributed by atoms with Crippen molar-refractivity contribution in [1.29, 1.82) is 0 Å². The maximum absolute atomic E-state index is 13.9. The van der Waals surface area contributed by atoms with Gasteiger partial charge >= 0.3 is 6.09 Å². The summed E-state index contributed by atoms with van der Waals surface area (Å²) in [6.07, 6.45) is 8.00. The Morgan fingerprint density at radius 2 is 1.83 bits per heavy atom. The van der Waals surface area contributed by atoms with Gasteiger partial charge in [0.2, 0.25) is 11.8 Å². The Bertz CT molecular complexity index is 1240. The van der Waals surface area contributed by atoms with Gasteiger partial charge in [-0.3, -0.25) is 9.59 Å². The van der Waals surface area contributed by atoms with Gasteiger partial charge in [0.1, 0.15) is 11.8 Å². The molecule has 3 unspecified atom stereocenters. The second-order valence-corrected chi connectivity index (χ2v) is 15.5. The Hall–Kier alpha value is -2.92. The van der Waals surface area contributed by atoms with E-state index < -0.39 is 22.9 Å². The predicted octanol–water partition coefficient (Wildman–Crippen LogP) is 5.57. The van der Waals surface area contributed by atoms with E-state index in [1.165, 1.54) is 0 Å². The van der Waals surface area contributed by atoms with Crippen molar-refractivity contribution < 1.29 is 23.9 Å². The molecule has 1 saturated heterocycles. The number of nitrogens with zero attached hydrogens (tertiary/aromatic N) is 5. The SMILES string of the molecule is CCN(C)C(=O)C1C=C(c2nn(C3CCCCO3)cc2CN(C)CCN(C)C(=O)OC(C)(C)C)CC(C(=O)NCCC(C)C)C1(C)C. The van der Waals surface area contributed by atoms with E-state index in [1.54, 1.807) is 16.8 Å². The largest absolute Gasteiger partial charge is 0.444 e. The fraction of sp³-hybridized carbons (Fsp3) is 0.778. The lowest BCUT2D eigenvalue weighted by Crippen LogP contribution is -2.49. The molecule has 3 amide bonds. The van der Waals surface area contributed by atoms with Crippen molar-refractivity contribution in [1.82, 2.24) is 29.8 Å². The first-order valence-corrected chi connectivity index (χ1v) is 17.5. The van der Waals surface area contributed by atoms with Crippen LogP contribution in [-0.4, -0.2) is 102 Å². The van der Waals surface area contributed by atoms with Crippen molar-refractivity contribution in [3.05, 3.63) is 23.5 Å². The fourth-order valence-electron chi connectivity index (χ4n) is 6.20. The Balaban J connectivity index is 1.97. The minimum atomic E-state index is -0.593. The number of carbonyl (C=O) groups is 3. The van der Waals surface area contributed by atoms with Gasteiger partial charge in [0.25, 0.3) is 0 Å². The van der Waals surface area contributed by atoms with Crippen LogP contribution in [0.1, 0.15) is 105 Å². The molecular weight excluding hydrogens is 596 g/mol. The second kappa shape index (κ2) is 16.5. The van der Waals surface area contributed by atoms with Crippen LogP contribution < -0.4 is 5.32 Å². The number of allylic oxidation sites excluding steroid dienone is 1. The highest BCUT2D eigenvalue weighted by Crippen LogP contribution is 2.48. The molecule has 0 spiro atoms. The minimum Gasteiger partial charge on any atom is -0.444 e. The first-order chi connectivity index (χ1) is 21.9. The molecule has 1 aromatic heterocycles. The van der Waals surface area contributed by atoms with Gasteiger partial charge in [-0.05, 0) is 83.8 Å². The third-order valence-corrected chi connectivity index (χ3v) is 9.47. The fourth-order valence-corrected chi connectivity index (χ4v) is 6.20. The predicted molar refractivity (Wildman–Crippen MR) is 185 cm³/mol. The van der Waals surface area contributed by atoms with Crippen LogP contribution in [0.25, 0.3) is 5.57 Å². The Morgan fingerprint density at radius 3 is 2.43 bits per heavy atom. The number of hydrogen-bond acceptors (Lipinski definition) is 7. The van der Waals surface area contributed by atoms with Gasteiger partial charge in [0.15, 0.2) is 0 Å². The number of aromatic nitrogens is 2. The number of nitrogens with one attached hydrogen (secondary N) is 1. The number of rotatable bonds is 13. The topological polar surface area (TPSA) is 109 Å². The van der Waals surface area contributed by atoms with Crippen molar-refractivity contribution in [3.8, 4) is 0 Å². The lowest BCUT2D eigenvalue weighted by Gasteiger charge is -2.43. The maximum atomic E-state index is 13.9. The van der Waals surface area contributed by atoms with Crippen LogP contribution in [-0.2, 0) is 25.6 Å². The smallest absolute Gasteiger partial charge is 0.410 e. The van der Waals surface area contributed by atoms with Crippen molar-refractivity contribution in [2.24, 2.45) is 23.2 Å². The van der Waals surface area contributed by atoms with Gasteiger partial charge < -0.3 is 29.5 Å². The van der Waals surface area contributed by atoms with Gasteiger partial charge in [-0.15, -0.1) is 0 Å². The molecule has 0 radical (unpaired) electrons. The molecule has 0 saturated carbocycles. The molecule has 2 heterocycles. The average molecular weight is 659 g/mol. The molecular formula is C36H62N6O5. The number of amides is 3. The summed E-state index contributed by atoms with van der Waals surface area (Å²) in [5.74, 6) is -0.419. The maximum Gasteiger partial charge on any atom is 0.410 e. The molecule has 1 fully saturated rings. The molecule has 1 N–H and O–H groups in total. The lowest BCUT2D eigenvalue weighted by molar-refractivity contribution is -0.140. The van der Waals surface area contributed by atoms with Crippen LogP contribution in [0.2, 0.25) is 0 Å². The summed E-state index contributed by atoms with van der Waals surface area (Å²) < 4.78 is 13.6. The molecule has 11 heteroatoms. The Labute approximate surface area is 283 Å². The summed E-state index contributed by atoms with van der Waals surface area (Å²) in [4.78, 5) is 45.7. The zero-order valence-corrected chi connectivity index (χ0v) is 31.0. The summed E-state index contributed by atoms with van der Waals surface area (Å²) >= 11 is 0. The minimum absolute atomic E-state index is 0.00794. The molecule has 0 bridgehead atoms. The monoisotopic (exact) mass is 658 g/mol. The van der Waals surface area contributed by atoms with Crippen LogP contribution >= 0.6 is 0 Å². The normalized spacial score (nSPS) is 21.4. The number of hydrogen-bond donors (Lipinski definition) is 1. The van der Waals surface area contributed by atoms with Crippen molar-refractivity contribution in [3.63, 3.8) is 0 Å². The molecule has 0 aromatic carbocycles. The molecule has 266 valence electrons. The van der Waals surface area contributed by atoms with Crippen LogP contribution in [0.5, 0.6) is 0 Å². The van der Waals surface area contributed by atoms with E-state index in [-0.39, 0.29) is 24.1 Å². The van der Waals surface area contributed by atoms with Gasteiger partial charge in [-0.25, -0.2) is 9.48 Å². The molecule has 47 heavy (non-hydrogen) atoms. The van der Waals surface area contributed by atoms with Crippen LogP contribution in [0, 0.1) is 23.2 Å². The van der Waals surface area contributed by atoms with Crippen molar-refractivity contribution >= 4 is 23.5 Å². The van der Waals surface area contributed by atoms with Gasteiger partial charge in [-0.2, -0.15) is 5.10 Å². The zero-order chi connectivity index (χ0) is 35.1. The highest BCUT2D eigenvalue weighted by atomic mass is 16.6. The molecule has 2 aliphatic rings. The lowest BCUT2D eigenvalue weighted by atomic mass is 9.62. The zero-order valence-electron chi connectivity index (χ0n) is 31.0. The number of ether oxygens (including phenoxy) is 2. The van der Waals surface area contributed by atoms with Gasteiger partial charge in [0.05, 0.1) is 11.6 Å². The first kappa shape index (κ1) is 38.5. The van der Waals surface area contributed by atoms with E-state index in [2.05, 4.69) is 36.3 Å². The molecule has 1 aliphatic heterocycles. The van der Waals surface area contributed by atoms with E-state index in [9.17, 15) is 14.4 Å². The van der Waals surface area contributed by atoms with E-state index in [1.807, 2.05) is 60.3 Å². The van der Waals surface area contributed by atoms with Crippen molar-refractivity contribution in [2.75, 3.05) is 53.9 Å². The van der Waals surface area contributed by atoms with E-state index in [0.29, 0.717) is 51.7 Å². The summed E-state index contributed by atoms with van der Waals surface area (Å²) in [5.41, 5.74) is 1.57. The molecule has 3 atom stereocenters. The molecule has 3 rings (SSSR count). The number of likely N-dealkylation sites (N-methyl/N-ethyl adjacent to an activating group) is 2. The number of carbonyl (C=O) groups excluding carboxylic acids is 3. The molecule has 1 aliphatic carbocycles. The van der Waals surface area contributed by atoms with E-state index in [4.69, 9.17) is 14.6 Å². The van der Waals surface area contributed by atoms with Crippen molar-refractivity contribution in [2.45, 2.75) is 106 Å². The summed E-state index contributed by atoms with van der Waals surface area (Å²) in [6.45, 7) is 19.5. The van der Waals surface area contributed by atoms with Crippen LogP contribution in [0.3, 0.4) is 0 Å². The van der Waals surface area contributed by atoms with Gasteiger partial charge in [0, 0.05) is 71.1 Å². The third-order valence-electron chi connectivity index (χ3n) is 9.47. The first-order valence-electron chi connectivity index (χ1n) is 17.5. The van der Waals surface area contributed by atoms with E-state index >= 15 is 0 Å². The molecule has 1 aromatic rings.